The van der Waals surface area contributed by atoms with Crippen molar-refractivity contribution in [2.75, 3.05) is 26.2 Å². The SMILES string of the molecule is OCCN1CCC[C@H](c2cc(CO)[nH]n2)C1. The van der Waals surface area contributed by atoms with Gasteiger partial charge >= 0.3 is 0 Å². The number of rotatable bonds is 4. The van der Waals surface area contributed by atoms with E-state index in [-0.39, 0.29) is 13.2 Å². The molecule has 5 nitrogen and oxygen atoms in total. The first-order valence-electron chi connectivity index (χ1n) is 5.81. The highest BCUT2D eigenvalue weighted by Gasteiger charge is 2.22. The quantitative estimate of drug-likeness (QED) is 0.678. The van der Waals surface area contributed by atoms with Crippen LogP contribution < -0.4 is 0 Å². The second kappa shape index (κ2) is 5.43. The summed E-state index contributed by atoms with van der Waals surface area (Å²) in [7, 11) is 0. The van der Waals surface area contributed by atoms with Crippen LogP contribution in [0.1, 0.15) is 30.1 Å². The smallest absolute Gasteiger partial charge is 0.0847 e. The number of nitrogens with one attached hydrogen (secondary N) is 1. The minimum atomic E-state index is 0.0140. The van der Waals surface area contributed by atoms with E-state index in [1.54, 1.807) is 0 Å². The topological polar surface area (TPSA) is 72.4 Å². The Labute approximate surface area is 95.1 Å². The zero-order valence-electron chi connectivity index (χ0n) is 9.39. The molecule has 0 radical (unpaired) electrons. The Kier molecular flexibility index (Phi) is 3.93. The van der Waals surface area contributed by atoms with E-state index >= 15 is 0 Å². The zero-order valence-corrected chi connectivity index (χ0v) is 9.39. The molecule has 1 aromatic heterocycles. The van der Waals surface area contributed by atoms with Gasteiger partial charge < -0.3 is 15.1 Å². The summed E-state index contributed by atoms with van der Waals surface area (Å²) >= 11 is 0. The first-order chi connectivity index (χ1) is 7.83. The third-order valence-corrected chi connectivity index (χ3v) is 3.16. The molecular weight excluding hydrogens is 206 g/mol. The van der Waals surface area contributed by atoms with Gasteiger partial charge in [-0.05, 0) is 25.5 Å². The summed E-state index contributed by atoms with van der Waals surface area (Å²) in [5.41, 5.74) is 1.81. The first-order valence-corrected chi connectivity index (χ1v) is 5.81. The molecule has 0 amide bonds. The Balaban J connectivity index is 1.98. The second-order valence-corrected chi connectivity index (χ2v) is 4.34. The molecule has 0 aromatic carbocycles. The van der Waals surface area contributed by atoms with Gasteiger partial charge in [0.05, 0.1) is 24.6 Å². The summed E-state index contributed by atoms with van der Waals surface area (Å²) in [6.07, 6.45) is 2.28. The maximum absolute atomic E-state index is 8.97. The van der Waals surface area contributed by atoms with Crippen molar-refractivity contribution in [1.29, 1.82) is 0 Å². The van der Waals surface area contributed by atoms with Crippen molar-refractivity contribution in [3.8, 4) is 0 Å². The Morgan fingerprint density at radius 2 is 2.38 bits per heavy atom. The van der Waals surface area contributed by atoms with E-state index in [0.717, 1.165) is 43.9 Å². The predicted octanol–water partition coefficient (Wildman–Crippen LogP) is 0.0737. The molecule has 0 spiro atoms. The van der Waals surface area contributed by atoms with Crippen molar-refractivity contribution in [2.24, 2.45) is 0 Å². The summed E-state index contributed by atoms with van der Waals surface area (Å²) in [5.74, 6) is 0.428. The molecular formula is C11H19N3O2. The van der Waals surface area contributed by atoms with Crippen molar-refractivity contribution in [3.05, 3.63) is 17.5 Å². The van der Waals surface area contributed by atoms with Crippen LogP contribution in [0.4, 0.5) is 0 Å². The highest BCUT2D eigenvalue weighted by Crippen LogP contribution is 2.25. The monoisotopic (exact) mass is 225 g/mol. The molecule has 0 unspecified atom stereocenters. The molecule has 0 bridgehead atoms. The first kappa shape index (κ1) is 11.6. The number of H-pyrrole nitrogens is 1. The van der Waals surface area contributed by atoms with Gasteiger partial charge in [0.1, 0.15) is 0 Å². The average molecular weight is 225 g/mol. The van der Waals surface area contributed by atoms with Gasteiger partial charge in [0.25, 0.3) is 0 Å². The number of aromatic amines is 1. The molecule has 1 aliphatic rings. The molecule has 1 saturated heterocycles. The van der Waals surface area contributed by atoms with Gasteiger partial charge in [0.15, 0.2) is 0 Å². The van der Waals surface area contributed by atoms with Gasteiger partial charge in [-0.15, -0.1) is 0 Å². The number of aliphatic hydroxyl groups is 2. The second-order valence-electron chi connectivity index (χ2n) is 4.34. The van der Waals surface area contributed by atoms with E-state index in [1.807, 2.05) is 6.07 Å². The lowest BCUT2D eigenvalue weighted by atomic mass is 9.95. The number of nitrogens with zero attached hydrogens (tertiary/aromatic N) is 2. The van der Waals surface area contributed by atoms with Crippen LogP contribution in [0.25, 0.3) is 0 Å². The Morgan fingerprint density at radius 1 is 1.50 bits per heavy atom. The largest absolute Gasteiger partial charge is 0.395 e. The normalized spacial score (nSPS) is 22.5. The van der Waals surface area contributed by atoms with E-state index in [4.69, 9.17) is 10.2 Å². The maximum atomic E-state index is 8.97. The number of aromatic nitrogens is 2. The molecule has 2 heterocycles. The fourth-order valence-corrected chi connectivity index (χ4v) is 2.31. The molecule has 5 heteroatoms. The number of β-amino-alcohol motifs (C(OH)–C–C–N with tert-alkyl or cyclic N) is 1. The van der Waals surface area contributed by atoms with Crippen molar-refractivity contribution < 1.29 is 10.2 Å². The third-order valence-electron chi connectivity index (χ3n) is 3.16. The number of hydrogen-bond donors (Lipinski definition) is 3. The van der Waals surface area contributed by atoms with Crippen LogP contribution in [0.15, 0.2) is 6.07 Å². The predicted molar refractivity (Wildman–Crippen MR) is 60.0 cm³/mol. The van der Waals surface area contributed by atoms with E-state index in [2.05, 4.69) is 15.1 Å². The van der Waals surface area contributed by atoms with Crippen molar-refractivity contribution in [2.45, 2.75) is 25.4 Å². The summed E-state index contributed by atoms with van der Waals surface area (Å²) in [5, 5.41) is 25.0. The van der Waals surface area contributed by atoms with Crippen LogP contribution in [0.5, 0.6) is 0 Å². The molecule has 2 rings (SSSR count). The summed E-state index contributed by atoms with van der Waals surface area (Å²) < 4.78 is 0. The molecule has 1 aliphatic heterocycles. The minimum Gasteiger partial charge on any atom is -0.395 e. The van der Waals surface area contributed by atoms with Gasteiger partial charge in [0.2, 0.25) is 0 Å². The van der Waals surface area contributed by atoms with Crippen molar-refractivity contribution >= 4 is 0 Å². The molecule has 0 aliphatic carbocycles. The number of piperidine rings is 1. The van der Waals surface area contributed by atoms with Gasteiger partial charge in [-0.3, -0.25) is 5.10 Å². The fraction of sp³-hybridized carbons (Fsp3) is 0.727. The molecule has 1 fully saturated rings. The van der Waals surface area contributed by atoms with E-state index in [0.29, 0.717) is 5.92 Å². The molecule has 1 aromatic rings. The summed E-state index contributed by atoms with van der Waals surface area (Å²) in [4.78, 5) is 2.27. The van der Waals surface area contributed by atoms with Crippen molar-refractivity contribution in [3.63, 3.8) is 0 Å². The van der Waals surface area contributed by atoms with Crippen LogP contribution in [-0.2, 0) is 6.61 Å². The molecule has 1 atom stereocenters. The van der Waals surface area contributed by atoms with E-state index in [1.165, 1.54) is 0 Å². The van der Waals surface area contributed by atoms with Crippen molar-refractivity contribution in [1.82, 2.24) is 15.1 Å². The summed E-state index contributed by atoms with van der Waals surface area (Å²) in [6, 6.07) is 1.94. The van der Waals surface area contributed by atoms with Gasteiger partial charge in [-0.25, -0.2) is 0 Å². The van der Waals surface area contributed by atoms with Crippen LogP contribution in [0.3, 0.4) is 0 Å². The highest BCUT2D eigenvalue weighted by atomic mass is 16.3. The molecule has 90 valence electrons. The van der Waals surface area contributed by atoms with E-state index in [9.17, 15) is 0 Å². The number of aliphatic hydroxyl groups excluding tert-OH is 2. The minimum absolute atomic E-state index is 0.0140. The summed E-state index contributed by atoms with van der Waals surface area (Å²) in [6.45, 7) is 2.99. The lowest BCUT2D eigenvalue weighted by molar-refractivity contribution is 0.160. The number of hydrogen-bond acceptors (Lipinski definition) is 4. The van der Waals surface area contributed by atoms with Crippen LogP contribution in [-0.4, -0.2) is 51.6 Å². The lowest BCUT2D eigenvalue weighted by Crippen LogP contribution is -2.36. The lowest BCUT2D eigenvalue weighted by Gasteiger charge is -2.31. The van der Waals surface area contributed by atoms with Gasteiger partial charge in [-0.2, -0.15) is 5.10 Å². The fourth-order valence-electron chi connectivity index (χ4n) is 2.31. The molecule has 3 N–H and O–H groups in total. The van der Waals surface area contributed by atoms with Crippen LogP contribution in [0.2, 0.25) is 0 Å². The highest BCUT2D eigenvalue weighted by molar-refractivity contribution is 5.13. The molecule has 0 saturated carbocycles. The standard InChI is InChI=1S/C11H19N3O2/c15-5-4-14-3-1-2-9(7-14)11-6-10(8-16)12-13-11/h6,9,15-16H,1-5,7-8H2,(H,12,13)/t9-/m0/s1. The van der Waals surface area contributed by atoms with Crippen LogP contribution >= 0.6 is 0 Å². The van der Waals surface area contributed by atoms with Gasteiger partial charge in [0, 0.05) is 19.0 Å². The van der Waals surface area contributed by atoms with Crippen LogP contribution in [0, 0.1) is 0 Å². The Morgan fingerprint density at radius 3 is 3.06 bits per heavy atom. The Hall–Kier alpha value is -0.910. The number of likely N-dealkylation sites (tertiary alicyclic amines) is 1. The maximum Gasteiger partial charge on any atom is 0.0847 e. The molecule has 16 heavy (non-hydrogen) atoms. The Bertz CT molecular complexity index is 325. The average Bonchev–Trinajstić information content (AvgIpc) is 2.78. The van der Waals surface area contributed by atoms with Gasteiger partial charge in [-0.1, -0.05) is 0 Å². The van der Waals surface area contributed by atoms with E-state index < -0.39 is 0 Å². The third kappa shape index (κ3) is 2.61. The zero-order chi connectivity index (χ0) is 11.4.